The average molecular weight is 222 g/mol. The zero-order valence-corrected chi connectivity index (χ0v) is 9.54. The Kier molecular flexibility index (Phi) is 2.66. The molecule has 1 unspecified atom stereocenters. The van der Waals surface area contributed by atoms with E-state index in [1.807, 2.05) is 24.3 Å². The molecule has 0 saturated carbocycles. The Morgan fingerprint density at radius 3 is 2.18 bits per heavy atom. The highest BCUT2D eigenvalue weighted by molar-refractivity contribution is 5.61. The lowest BCUT2D eigenvalue weighted by Crippen LogP contribution is -1.96. The highest BCUT2D eigenvalue weighted by Crippen LogP contribution is 2.35. The minimum atomic E-state index is 0.173. The van der Waals surface area contributed by atoms with E-state index in [9.17, 15) is 0 Å². The molecular weight excluding hydrogens is 208 g/mol. The van der Waals surface area contributed by atoms with E-state index in [1.54, 1.807) is 0 Å². The molecule has 84 valence electrons. The van der Waals surface area contributed by atoms with Crippen molar-refractivity contribution < 1.29 is 4.74 Å². The summed E-state index contributed by atoms with van der Waals surface area (Å²) in [5.41, 5.74) is 2.40. The first-order chi connectivity index (χ1) is 8.43. The molecule has 2 aromatic rings. The molecule has 0 bridgehead atoms. The van der Waals surface area contributed by atoms with Crippen LogP contribution in [0.25, 0.3) is 5.76 Å². The fourth-order valence-electron chi connectivity index (χ4n) is 2.12. The third-order valence-corrected chi connectivity index (χ3v) is 3.02. The molecule has 3 rings (SSSR count). The SMILES string of the molecule is C1=C(c2ccccc2)OC(c2ccccc2)C1. The van der Waals surface area contributed by atoms with Crippen LogP contribution in [0.4, 0.5) is 0 Å². The van der Waals surface area contributed by atoms with Gasteiger partial charge in [0.2, 0.25) is 0 Å². The van der Waals surface area contributed by atoms with Crippen molar-refractivity contribution in [1.82, 2.24) is 0 Å². The van der Waals surface area contributed by atoms with Crippen molar-refractivity contribution in [3.8, 4) is 0 Å². The van der Waals surface area contributed by atoms with Gasteiger partial charge in [0.1, 0.15) is 11.9 Å². The number of hydrogen-bond acceptors (Lipinski definition) is 1. The molecule has 1 heterocycles. The molecule has 0 spiro atoms. The van der Waals surface area contributed by atoms with Gasteiger partial charge in [-0.15, -0.1) is 0 Å². The predicted octanol–water partition coefficient (Wildman–Crippen LogP) is 4.19. The van der Waals surface area contributed by atoms with Gasteiger partial charge in [0.05, 0.1) is 0 Å². The topological polar surface area (TPSA) is 9.23 Å². The third-order valence-electron chi connectivity index (χ3n) is 3.02. The lowest BCUT2D eigenvalue weighted by molar-refractivity contribution is 0.194. The first kappa shape index (κ1) is 10.2. The second-order valence-electron chi connectivity index (χ2n) is 4.19. The molecule has 0 N–H and O–H groups in total. The minimum Gasteiger partial charge on any atom is -0.485 e. The van der Waals surface area contributed by atoms with E-state index in [2.05, 4.69) is 42.5 Å². The molecule has 0 saturated heterocycles. The normalized spacial score (nSPS) is 18.6. The maximum absolute atomic E-state index is 5.99. The minimum absolute atomic E-state index is 0.173. The molecule has 1 aliphatic rings. The summed E-state index contributed by atoms with van der Waals surface area (Å²) in [6.45, 7) is 0. The molecule has 0 amide bonds. The Morgan fingerprint density at radius 2 is 1.47 bits per heavy atom. The number of ether oxygens (including phenoxy) is 1. The van der Waals surface area contributed by atoms with Crippen molar-refractivity contribution in [2.45, 2.75) is 12.5 Å². The van der Waals surface area contributed by atoms with Crippen molar-refractivity contribution in [2.75, 3.05) is 0 Å². The fourth-order valence-corrected chi connectivity index (χ4v) is 2.12. The predicted molar refractivity (Wildman–Crippen MR) is 69.3 cm³/mol. The van der Waals surface area contributed by atoms with Crippen molar-refractivity contribution >= 4 is 5.76 Å². The number of benzene rings is 2. The van der Waals surface area contributed by atoms with E-state index in [4.69, 9.17) is 4.74 Å². The van der Waals surface area contributed by atoms with Crippen LogP contribution in [-0.4, -0.2) is 0 Å². The van der Waals surface area contributed by atoms with Crippen LogP contribution in [-0.2, 0) is 4.74 Å². The second kappa shape index (κ2) is 4.46. The summed E-state index contributed by atoms with van der Waals surface area (Å²) >= 11 is 0. The van der Waals surface area contributed by atoms with E-state index in [0.717, 1.165) is 17.7 Å². The number of rotatable bonds is 2. The Labute approximate surface area is 101 Å². The summed E-state index contributed by atoms with van der Waals surface area (Å²) in [6, 6.07) is 20.6. The second-order valence-corrected chi connectivity index (χ2v) is 4.19. The monoisotopic (exact) mass is 222 g/mol. The lowest BCUT2D eigenvalue weighted by Gasteiger charge is -2.13. The molecule has 0 radical (unpaired) electrons. The van der Waals surface area contributed by atoms with E-state index in [0.29, 0.717) is 0 Å². The van der Waals surface area contributed by atoms with E-state index in [-0.39, 0.29) is 6.10 Å². The molecule has 0 fully saturated rings. The Hall–Kier alpha value is -2.02. The molecule has 1 heteroatoms. The Balaban J connectivity index is 1.78. The quantitative estimate of drug-likeness (QED) is 0.740. The molecule has 0 aliphatic carbocycles. The van der Waals surface area contributed by atoms with Gasteiger partial charge in [0, 0.05) is 12.0 Å². The van der Waals surface area contributed by atoms with E-state index >= 15 is 0 Å². The van der Waals surface area contributed by atoms with Crippen LogP contribution in [0.1, 0.15) is 23.7 Å². The molecular formula is C16H14O. The van der Waals surface area contributed by atoms with Gasteiger partial charge in [-0.2, -0.15) is 0 Å². The summed E-state index contributed by atoms with van der Waals surface area (Å²) < 4.78 is 5.99. The Bertz CT molecular complexity index is 514. The summed E-state index contributed by atoms with van der Waals surface area (Å²) in [7, 11) is 0. The summed E-state index contributed by atoms with van der Waals surface area (Å²) in [4.78, 5) is 0. The molecule has 1 nitrogen and oxygen atoms in total. The maximum Gasteiger partial charge on any atom is 0.127 e. The average Bonchev–Trinajstić information content (AvgIpc) is 2.90. The van der Waals surface area contributed by atoms with Crippen LogP contribution in [0, 0.1) is 0 Å². The van der Waals surface area contributed by atoms with Gasteiger partial charge in [0.25, 0.3) is 0 Å². The first-order valence-corrected chi connectivity index (χ1v) is 5.91. The van der Waals surface area contributed by atoms with E-state index in [1.165, 1.54) is 5.56 Å². The van der Waals surface area contributed by atoms with Gasteiger partial charge in [-0.3, -0.25) is 0 Å². The molecule has 0 aromatic heterocycles. The van der Waals surface area contributed by atoms with Gasteiger partial charge in [-0.1, -0.05) is 60.7 Å². The van der Waals surface area contributed by atoms with Crippen molar-refractivity contribution in [3.63, 3.8) is 0 Å². The van der Waals surface area contributed by atoms with Crippen LogP contribution in [0.5, 0.6) is 0 Å². The largest absolute Gasteiger partial charge is 0.485 e. The maximum atomic E-state index is 5.99. The number of hydrogen-bond donors (Lipinski definition) is 0. The van der Waals surface area contributed by atoms with Crippen molar-refractivity contribution in [1.29, 1.82) is 0 Å². The van der Waals surface area contributed by atoms with Gasteiger partial charge in [-0.05, 0) is 11.6 Å². The van der Waals surface area contributed by atoms with Gasteiger partial charge in [0.15, 0.2) is 0 Å². The highest BCUT2D eigenvalue weighted by atomic mass is 16.5. The zero-order chi connectivity index (χ0) is 11.5. The first-order valence-electron chi connectivity index (χ1n) is 5.91. The molecule has 1 atom stereocenters. The summed E-state index contributed by atoms with van der Waals surface area (Å²) in [5, 5.41) is 0. The van der Waals surface area contributed by atoms with Gasteiger partial charge >= 0.3 is 0 Å². The molecule has 1 aliphatic heterocycles. The summed E-state index contributed by atoms with van der Waals surface area (Å²) in [5.74, 6) is 0.999. The summed E-state index contributed by atoms with van der Waals surface area (Å²) in [6.07, 6.45) is 3.30. The van der Waals surface area contributed by atoms with E-state index < -0.39 is 0 Å². The van der Waals surface area contributed by atoms with Crippen LogP contribution >= 0.6 is 0 Å². The van der Waals surface area contributed by atoms with Crippen molar-refractivity contribution in [3.05, 3.63) is 77.9 Å². The van der Waals surface area contributed by atoms with Crippen LogP contribution in [0.3, 0.4) is 0 Å². The fraction of sp³-hybridized carbons (Fsp3) is 0.125. The van der Waals surface area contributed by atoms with Crippen LogP contribution < -0.4 is 0 Å². The highest BCUT2D eigenvalue weighted by Gasteiger charge is 2.20. The lowest BCUT2D eigenvalue weighted by atomic mass is 10.1. The third kappa shape index (κ3) is 2.09. The van der Waals surface area contributed by atoms with Crippen LogP contribution in [0.2, 0.25) is 0 Å². The van der Waals surface area contributed by atoms with Crippen LogP contribution in [0.15, 0.2) is 66.7 Å². The molecule has 17 heavy (non-hydrogen) atoms. The zero-order valence-electron chi connectivity index (χ0n) is 9.54. The van der Waals surface area contributed by atoms with Gasteiger partial charge in [-0.25, -0.2) is 0 Å². The smallest absolute Gasteiger partial charge is 0.127 e. The van der Waals surface area contributed by atoms with Crippen molar-refractivity contribution in [2.24, 2.45) is 0 Å². The molecule has 2 aromatic carbocycles. The van der Waals surface area contributed by atoms with Gasteiger partial charge < -0.3 is 4.74 Å². The Morgan fingerprint density at radius 1 is 0.824 bits per heavy atom. The standard InChI is InChI=1S/C16H14O/c1-3-7-13(8-4-1)15-11-12-16(17-15)14-9-5-2-6-10-14/h1-11,16H,12H2.